The molecule has 0 spiro atoms. The van der Waals surface area contributed by atoms with Crippen molar-refractivity contribution in [1.82, 2.24) is 4.90 Å². The van der Waals surface area contributed by atoms with Crippen molar-refractivity contribution in [3.8, 4) is 0 Å². The highest BCUT2D eigenvalue weighted by molar-refractivity contribution is 7.40. The molecule has 6 nitrogen and oxygen atoms in total. The van der Waals surface area contributed by atoms with Crippen LogP contribution in [-0.4, -0.2) is 61.6 Å². The van der Waals surface area contributed by atoms with Gasteiger partial charge in [-0.2, -0.15) is 0 Å². The van der Waals surface area contributed by atoms with E-state index < -0.39 is 8.60 Å². The average molecular weight is 560 g/mol. The number of rotatable bonds is 29. The summed E-state index contributed by atoms with van der Waals surface area (Å²) in [5.41, 5.74) is 0. The quantitative estimate of drug-likeness (QED) is 0.0731. The second-order valence-electron chi connectivity index (χ2n) is 11.4. The van der Waals surface area contributed by atoms with Gasteiger partial charge in [0.1, 0.15) is 5.78 Å². The molecular weight excluding hydrogens is 497 g/mol. The number of ether oxygens (including phenoxy) is 1. The minimum Gasteiger partial charge on any atom is -0.381 e. The third kappa shape index (κ3) is 23.8. The first-order chi connectivity index (χ1) is 18.6. The normalized spacial score (nSPS) is 15.8. The van der Waals surface area contributed by atoms with Crippen LogP contribution in [0.1, 0.15) is 142 Å². The van der Waals surface area contributed by atoms with E-state index >= 15 is 0 Å². The van der Waals surface area contributed by atoms with Crippen LogP contribution in [0, 0.1) is 5.92 Å². The lowest BCUT2D eigenvalue weighted by atomic mass is 10.0. The number of carbonyl (C=O) groups is 1. The summed E-state index contributed by atoms with van der Waals surface area (Å²) in [6.45, 7) is 8.95. The van der Waals surface area contributed by atoms with Crippen LogP contribution in [0.5, 0.6) is 0 Å². The van der Waals surface area contributed by atoms with E-state index in [1.807, 2.05) is 0 Å². The molecule has 1 fully saturated rings. The van der Waals surface area contributed by atoms with E-state index in [4.69, 9.17) is 13.8 Å². The Bertz CT molecular complexity index is 518. The summed E-state index contributed by atoms with van der Waals surface area (Å²) in [5.74, 6) is 0.0925. The monoisotopic (exact) mass is 559 g/mol. The molecule has 0 amide bonds. The summed E-state index contributed by atoms with van der Waals surface area (Å²) in [7, 11) is -1.89. The highest BCUT2D eigenvalue weighted by Gasteiger charge is 2.17. The van der Waals surface area contributed by atoms with Gasteiger partial charge in [0, 0.05) is 25.5 Å². The van der Waals surface area contributed by atoms with Gasteiger partial charge in [-0.25, -0.2) is 0 Å². The van der Waals surface area contributed by atoms with E-state index in [1.54, 1.807) is 6.92 Å². The summed E-state index contributed by atoms with van der Waals surface area (Å²) in [6, 6.07) is 0. The number of nitrogens with zero attached hydrogens (tertiary/aromatic N) is 1. The zero-order valence-corrected chi connectivity index (χ0v) is 26.0. The smallest absolute Gasteiger partial charge is 0.329 e. The van der Waals surface area contributed by atoms with Gasteiger partial charge in [-0.15, -0.1) is 0 Å². The molecule has 7 heteroatoms. The fraction of sp³-hybridized carbons (Fsp3) is 0.968. The first-order valence-corrected chi connectivity index (χ1v) is 17.3. The van der Waals surface area contributed by atoms with Crippen molar-refractivity contribution in [3.05, 3.63) is 0 Å². The SMILES string of the molecule is CCCCCCCCCCCCCCCCCCCOCC(COP(O)OCCN1CCCC1)CC(C)=O. The fourth-order valence-corrected chi connectivity index (χ4v) is 5.86. The number of ketones is 1. The van der Waals surface area contributed by atoms with Crippen molar-refractivity contribution < 1.29 is 23.5 Å². The largest absolute Gasteiger partial charge is 0.381 e. The van der Waals surface area contributed by atoms with Gasteiger partial charge >= 0.3 is 8.60 Å². The van der Waals surface area contributed by atoms with Crippen LogP contribution in [0.25, 0.3) is 0 Å². The maximum absolute atomic E-state index is 11.6. The molecular formula is C31H62NO5P. The topological polar surface area (TPSA) is 68.2 Å². The van der Waals surface area contributed by atoms with E-state index in [9.17, 15) is 9.69 Å². The third-order valence-corrected chi connectivity index (χ3v) is 8.32. The van der Waals surface area contributed by atoms with Gasteiger partial charge in [-0.05, 0) is 39.3 Å². The molecule has 1 rings (SSSR count). The Balaban J connectivity index is 1.88. The Kier molecular flexibility index (Phi) is 25.6. The van der Waals surface area contributed by atoms with E-state index in [1.165, 1.54) is 116 Å². The molecule has 2 atom stereocenters. The second-order valence-corrected chi connectivity index (χ2v) is 12.4. The molecule has 0 radical (unpaired) electrons. The number of Topliss-reactive ketones (excluding diaryl/α,β-unsaturated/α-hetero) is 1. The predicted molar refractivity (Wildman–Crippen MR) is 160 cm³/mol. The summed E-state index contributed by atoms with van der Waals surface area (Å²) in [6.07, 6.45) is 26.2. The lowest BCUT2D eigenvalue weighted by Crippen LogP contribution is -2.23. The lowest BCUT2D eigenvalue weighted by Gasteiger charge is -2.19. The van der Waals surface area contributed by atoms with Gasteiger partial charge in [-0.1, -0.05) is 110 Å². The molecule has 0 bridgehead atoms. The maximum atomic E-state index is 11.6. The van der Waals surface area contributed by atoms with E-state index in [2.05, 4.69) is 11.8 Å². The third-order valence-electron chi connectivity index (χ3n) is 7.55. The van der Waals surface area contributed by atoms with Crippen molar-refractivity contribution in [2.45, 2.75) is 142 Å². The van der Waals surface area contributed by atoms with Gasteiger partial charge in [-0.3, -0.25) is 0 Å². The highest BCUT2D eigenvalue weighted by Crippen LogP contribution is 2.33. The number of hydrogen-bond donors (Lipinski definition) is 1. The summed E-state index contributed by atoms with van der Waals surface area (Å²) < 4.78 is 16.8. The first-order valence-electron chi connectivity index (χ1n) is 16.2. The molecule has 0 saturated carbocycles. The molecule has 0 aromatic rings. The van der Waals surface area contributed by atoms with Crippen LogP contribution in [0.4, 0.5) is 0 Å². The van der Waals surface area contributed by atoms with Crippen molar-refractivity contribution >= 4 is 14.4 Å². The molecule has 226 valence electrons. The van der Waals surface area contributed by atoms with Crippen LogP contribution in [0.3, 0.4) is 0 Å². The predicted octanol–water partition coefficient (Wildman–Crippen LogP) is 8.60. The second kappa shape index (κ2) is 27.1. The Morgan fingerprint density at radius 2 is 1.24 bits per heavy atom. The van der Waals surface area contributed by atoms with E-state index in [-0.39, 0.29) is 11.7 Å². The minimum atomic E-state index is -1.89. The zero-order valence-electron chi connectivity index (χ0n) is 25.1. The molecule has 1 heterocycles. The van der Waals surface area contributed by atoms with Crippen molar-refractivity contribution in [2.24, 2.45) is 5.92 Å². The van der Waals surface area contributed by atoms with Crippen LogP contribution >= 0.6 is 8.60 Å². The number of carbonyl (C=O) groups excluding carboxylic acids is 1. The van der Waals surface area contributed by atoms with Gasteiger partial charge in [0.2, 0.25) is 0 Å². The van der Waals surface area contributed by atoms with Gasteiger partial charge < -0.3 is 28.4 Å². The summed E-state index contributed by atoms with van der Waals surface area (Å²) in [5, 5.41) is 0. The Morgan fingerprint density at radius 1 is 0.737 bits per heavy atom. The number of likely N-dealkylation sites (tertiary alicyclic amines) is 1. The molecule has 2 unspecified atom stereocenters. The number of unbranched alkanes of at least 4 members (excludes halogenated alkanes) is 16. The van der Waals surface area contributed by atoms with Crippen LogP contribution in [0.2, 0.25) is 0 Å². The van der Waals surface area contributed by atoms with Crippen LogP contribution in [0.15, 0.2) is 0 Å². The standard InChI is InChI=1S/C31H62NO5P/c1-3-4-5-6-7-8-9-10-11-12-13-14-15-16-17-18-21-25-35-28-31(27-30(2)33)29-37-38(34)36-26-24-32-22-19-20-23-32/h31,34H,3-29H2,1-2H3. The molecule has 1 aliphatic heterocycles. The Labute approximate surface area is 236 Å². The van der Waals surface area contributed by atoms with Crippen LogP contribution in [-0.2, 0) is 18.6 Å². The van der Waals surface area contributed by atoms with E-state index in [0.717, 1.165) is 32.7 Å². The molecule has 0 aromatic heterocycles. The Morgan fingerprint density at radius 3 is 1.74 bits per heavy atom. The Hall–Kier alpha value is -0.100. The molecule has 0 aromatic carbocycles. The number of hydrogen-bond acceptors (Lipinski definition) is 6. The first kappa shape index (κ1) is 35.9. The van der Waals surface area contributed by atoms with Crippen molar-refractivity contribution in [2.75, 3.05) is 46.1 Å². The summed E-state index contributed by atoms with van der Waals surface area (Å²) >= 11 is 0. The fourth-order valence-electron chi connectivity index (χ4n) is 5.21. The lowest BCUT2D eigenvalue weighted by molar-refractivity contribution is -0.118. The minimum absolute atomic E-state index is 0.0300. The van der Waals surface area contributed by atoms with Gasteiger partial charge in [0.25, 0.3) is 0 Å². The molecule has 1 saturated heterocycles. The molecule has 1 N–H and O–H groups in total. The highest BCUT2D eigenvalue weighted by atomic mass is 31.2. The van der Waals surface area contributed by atoms with Crippen molar-refractivity contribution in [1.29, 1.82) is 0 Å². The molecule has 38 heavy (non-hydrogen) atoms. The van der Waals surface area contributed by atoms with E-state index in [0.29, 0.717) is 26.2 Å². The van der Waals surface area contributed by atoms with Gasteiger partial charge in [0.05, 0.1) is 19.8 Å². The maximum Gasteiger partial charge on any atom is 0.329 e. The van der Waals surface area contributed by atoms with Crippen LogP contribution < -0.4 is 0 Å². The van der Waals surface area contributed by atoms with Crippen molar-refractivity contribution in [3.63, 3.8) is 0 Å². The summed E-state index contributed by atoms with van der Waals surface area (Å²) in [4.78, 5) is 24.0. The zero-order chi connectivity index (χ0) is 27.5. The van der Waals surface area contributed by atoms with Gasteiger partial charge in [0.15, 0.2) is 0 Å². The molecule has 0 aliphatic carbocycles. The average Bonchev–Trinajstić information content (AvgIpc) is 3.41. The molecule has 1 aliphatic rings.